The van der Waals surface area contributed by atoms with Gasteiger partial charge in [-0.2, -0.15) is 0 Å². The first-order valence-corrected chi connectivity index (χ1v) is 7.94. The van der Waals surface area contributed by atoms with E-state index in [2.05, 4.69) is 6.58 Å². The maximum Gasteiger partial charge on any atom is 0.308 e. The Morgan fingerprint density at radius 3 is 2.54 bits per heavy atom. The summed E-state index contributed by atoms with van der Waals surface area (Å²) >= 11 is 0. The van der Waals surface area contributed by atoms with Gasteiger partial charge in [-0.3, -0.25) is 14.4 Å². The van der Waals surface area contributed by atoms with E-state index < -0.39 is 11.9 Å². The van der Waals surface area contributed by atoms with Crippen LogP contribution in [-0.4, -0.2) is 35.3 Å². The van der Waals surface area contributed by atoms with Crippen molar-refractivity contribution in [1.82, 2.24) is 4.90 Å². The quantitative estimate of drug-likeness (QED) is 0.616. The van der Waals surface area contributed by atoms with E-state index in [1.54, 1.807) is 6.07 Å². The summed E-state index contributed by atoms with van der Waals surface area (Å²) in [6, 6.07) is 2.97. The van der Waals surface area contributed by atoms with Crippen LogP contribution in [-0.2, 0) is 9.59 Å². The van der Waals surface area contributed by atoms with Crippen molar-refractivity contribution in [2.75, 3.05) is 6.54 Å². The third-order valence-corrected chi connectivity index (χ3v) is 4.34. The van der Waals surface area contributed by atoms with Crippen molar-refractivity contribution in [3.05, 3.63) is 29.8 Å². The molecular formula is C18H19NO5. The van der Waals surface area contributed by atoms with Gasteiger partial charge in [0, 0.05) is 26.0 Å². The lowest BCUT2D eigenvalue weighted by atomic mass is 9.83. The number of fused-ring (bicyclic) bond motifs is 2. The lowest BCUT2D eigenvalue weighted by Crippen LogP contribution is -2.47. The van der Waals surface area contributed by atoms with E-state index >= 15 is 0 Å². The Bertz CT molecular complexity index is 752. The summed E-state index contributed by atoms with van der Waals surface area (Å²) in [6.45, 7) is 7.35. The second-order valence-corrected chi connectivity index (χ2v) is 6.04. The summed E-state index contributed by atoms with van der Waals surface area (Å²) in [5.41, 5.74) is 1.61. The fourth-order valence-corrected chi connectivity index (χ4v) is 3.40. The third kappa shape index (κ3) is 2.68. The number of piperidine rings is 1. The molecule has 0 bridgehead atoms. The van der Waals surface area contributed by atoms with Crippen molar-refractivity contribution >= 4 is 23.4 Å². The van der Waals surface area contributed by atoms with Crippen molar-refractivity contribution in [2.45, 2.75) is 39.2 Å². The van der Waals surface area contributed by atoms with Gasteiger partial charge in [-0.05, 0) is 37.0 Å². The summed E-state index contributed by atoms with van der Waals surface area (Å²) in [5.74, 6) is -0.975. The molecule has 0 N–H and O–H groups in total. The van der Waals surface area contributed by atoms with Crippen LogP contribution in [0.15, 0.2) is 18.7 Å². The number of hydrogen-bond donors (Lipinski definition) is 0. The van der Waals surface area contributed by atoms with Crippen LogP contribution in [0.2, 0.25) is 0 Å². The van der Waals surface area contributed by atoms with Crippen LogP contribution < -0.4 is 9.47 Å². The Morgan fingerprint density at radius 1 is 1.17 bits per heavy atom. The van der Waals surface area contributed by atoms with E-state index in [1.165, 1.54) is 19.9 Å². The largest absolute Gasteiger partial charge is 0.423 e. The Labute approximate surface area is 140 Å². The molecule has 6 nitrogen and oxygen atoms in total. The number of ether oxygens (including phenoxy) is 2. The van der Waals surface area contributed by atoms with E-state index in [0.29, 0.717) is 17.7 Å². The zero-order valence-corrected chi connectivity index (χ0v) is 13.8. The van der Waals surface area contributed by atoms with Gasteiger partial charge in [-0.1, -0.05) is 6.58 Å². The predicted molar refractivity (Wildman–Crippen MR) is 86.8 cm³/mol. The lowest BCUT2D eigenvalue weighted by Gasteiger charge is -2.41. The van der Waals surface area contributed by atoms with Gasteiger partial charge < -0.3 is 14.4 Å². The minimum absolute atomic E-state index is 0.0961. The van der Waals surface area contributed by atoms with Crippen molar-refractivity contribution in [2.24, 2.45) is 0 Å². The second-order valence-electron chi connectivity index (χ2n) is 6.04. The van der Waals surface area contributed by atoms with Crippen molar-refractivity contribution in [3.8, 4) is 11.5 Å². The molecule has 1 aromatic rings. The van der Waals surface area contributed by atoms with E-state index in [0.717, 1.165) is 24.8 Å². The molecule has 6 heteroatoms. The fourth-order valence-electron chi connectivity index (χ4n) is 3.40. The smallest absolute Gasteiger partial charge is 0.308 e. The lowest BCUT2D eigenvalue weighted by molar-refractivity contribution is -0.134. The zero-order chi connectivity index (χ0) is 17.4. The summed E-state index contributed by atoms with van der Waals surface area (Å²) in [6.07, 6.45) is 2.80. The number of rotatable bonds is 2. The molecule has 1 aromatic carbocycles. The minimum Gasteiger partial charge on any atom is -0.423 e. The molecule has 126 valence electrons. The molecule has 1 amide bonds. The van der Waals surface area contributed by atoms with Gasteiger partial charge in [0.2, 0.25) is 0 Å². The SMILES string of the molecule is C=C1c2c(ccc(OC(C)=O)c2OC(C)=O)C(=O)N2CCCCC12. The van der Waals surface area contributed by atoms with Crippen molar-refractivity contribution in [1.29, 1.82) is 0 Å². The number of carbonyl (C=O) groups is 3. The van der Waals surface area contributed by atoms with Gasteiger partial charge in [-0.25, -0.2) is 0 Å². The average Bonchev–Trinajstić information content (AvgIpc) is 2.53. The van der Waals surface area contributed by atoms with E-state index in [-0.39, 0.29) is 23.4 Å². The molecule has 0 aliphatic carbocycles. The Hall–Kier alpha value is -2.63. The highest BCUT2D eigenvalue weighted by Crippen LogP contribution is 2.45. The number of nitrogens with zero attached hydrogens (tertiary/aromatic N) is 1. The minimum atomic E-state index is -0.553. The number of carbonyl (C=O) groups excluding carboxylic acids is 3. The molecule has 1 unspecified atom stereocenters. The molecule has 1 saturated heterocycles. The molecule has 2 aliphatic heterocycles. The fraction of sp³-hybridized carbons (Fsp3) is 0.389. The molecule has 1 atom stereocenters. The van der Waals surface area contributed by atoms with Gasteiger partial charge in [0.25, 0.3) is 5.91 Å². The second kappa shape index (κ2) is 6.11. The number of amides is 1. The molecule has 24 heavy (non-hydrogen) atoms. The summed E-state index contributed by atoms with van der Waals surface area (Å²) < 4.78 is 10.4. The van der Waals surface area contributed by atoms with Crippen LogP contribution in [0.1, 0.15) is 49.0 Å². The Morgan fingerprint density at radius 2 is 1.88 bits per heavy atom. The van der Waals surface area contributed by atoms with Gasteiger partial charge in [0.15, 0.2) is 11.5 Å². The first-order chi connectivity index (χ1) is 11.4. The molecule has 2 heterocycles. The number of benzene rings is 1. The highest BCUT2D eigenvalue weighted by molar-refractivity contribution is 6.05. The molecular weight excluding hydrogens is 310 g/mol. The van der Waals surface area contributed by atoms with Gasteiger partial charge in [0.1, 0.15) is 0 Å². The highest BCUT2D eigenvalue weighted by atomic mass is 16.6. The van der Waals surface area contributed by atoms with Crippen LogP contribution in [0.25, 0.3) is 5.57 Å². The standard InChI is InChI=1S/C18H19NO5/c1-10-14-6-4-5-9-19(14)18(22)13-7-8-15(23-11(2)20)17(16(10)13)24-12(3)21/h7-8,14H,1,4-6,9H2,2-3H3. The van der Waals surface area contributed by atoms with E-state index in [4.69, 9.17) is 9.47 Å². The van der Waals surface area contributed by atoms with Crippen LogP contribution in [0, 0.1) is 0 Å². The van der Waals surface area contributed by atoms with Crippen molar-refractivity contribution in [3.63, 3.8) is 0 Å². The highest BCUT2D eigenvalue weighted by Gasteiger charge is 2.39. The summed E-state index contributed by atoms with van der Waals surface area (Å²) in [4.78, 5) is 37.5. The van der Waals surface area contributed by atoms with Crippen LogP contribution in [0.4, 0.5) is 0 Å². The van der Waals surface area contributed by atoms with E-state index in [9.17, 15) is 14.4 Å². The molecule has 2 aliphatic rings. The first-order valence-electron chi connectivity index (χ1n) is 7.94. The maximum atomic E-state index is 12.8. The number of hydrogen-bond acceptors (Lipinski definition) is 5. The molecule has 0 radical (unpaired) electrons. The van der Waals surface area contributed by atoms with Gasteiger partial charge in [0.05, 0.1) is 11.6 Å². The number of esters is 2. The Balaban J connectivity index is 2.17. The normalized spacial score (nSPS) is 19.4. The van der Waals surface area contributed by atoms with Crippen molar-refractivity contribution < 1.29 is 23.9 Å². The monoisotopic (exact) mass is 329 g/mol. The van der Waals surface area contributed by atoms with Crippen LogP contribution >= 0.6 is 0 Å². The maximum absolute atomic E-state index is 12.8. The summed E-state index contributed by atoms with van der Waals surface area (Å²) in [5, 5.41) is 0. The molecule has 0 aromatic heterocycles. The topological polar surface area (TPSA) is 72.9 Å². The van der Waals surface area contributed by atoms with Gasteiger partial charge >= 0.3 is 11.9 Å². The summed E-state index contributed by atoms with van der Waals surface area (Å²) in [7, 11) is 0. The molecule has 1 fully saturated rings. The Kier molecular flexibility index (Phi) is 4.13. The van der Waals surface area contributed by atoms with E-state index in [1.807, 2.05) is 4.90 Å². The van der Waals surface area contributed by atoms with Crippen LogP contribution in [0.5, 0.6) is 11.5 Å². The zero-order valence-electron chi connectivity index (χ0n) is 13.8. The first kappa shape index (κ1) is 16.2. The average molecular weight is 329 g/mol. The third-order valence-electron chi connectivity index (χ3n) is 4.34. The van der Waals surface area contributed by atoms with Crippen LogP contribution in [0.3, 0.4) is 0 Å². The predicted octanol–water partition coefficient (Wildman–Crippen LogP) is 2.56. The molecule has 0 spiro atoms. The molecule has 3 rings (SSSR count). The molecule has 0 saturated carbocycles. The van der Waals surface area contributed by atoms with Gasteiger partial charge in [-0.15, -0.1) is 0 Å².